The maximum atomic E-state index is 11.7. The van der Waals surface area contributed by atoms with Crippen molar-refractivity contribution in [3.8, 4) is 0 Å². The Morgan fingerprint density at radius 1 is 1.43 bits per heavy atom. The molecule has 1 aromatic rings. The molecule has 0 saturated carbocycles. The summed E-state index contributed by atoms with van der Waals surface area (Å²) in [5, 5.41) is 4.11. The standard InChI is InChI=1S/C15H23ClN2O2S/c1-11(2)17-9-13-14(16)5-4-6-15(13)18-7-8-21(19,20)10-12(18)3/h4-6,11-12,17H,7-10H2,1-3H3. The number of rotatable bonds is 4. The van der Waals surface area contributed by atoms with E-state index in [2.05, 4.69) is 24.1 Å². The molecule has 2 rings (SSSR count). The van der Waals surface area contributed by atoms with E-state index in [4.69, 9.17) is 11.6 Å². The van der Waals surface area contributed by atoms with Crippen LogP contribution in [0.1, 0.15) is 26.3 Å². The number of halogens is 1. The summed E-state index contributed by atoms with van der Waals surface area (Å²) in [6.45, 7) is 7.34. The maximum absolute atomic E-state index is 11.7. The average molecular weight is 331 g/mol. The van der Waals surface area contributed by atoms with E-state index in [1.807, 2.05) is 25.1 Å². The molecule has 0 bridgehead atoms. The first-order valence-electron chi connectivity index (χ1n) is 7.28. The Hall–Kier alpha value is -0.780. The Balaban J connectivity index is 2.29. The zero-order chi connectivity index (χ0) is 15.6. The zero-order valence-electron chi connectivity index (χ0n) is 12.8. The molecule has 21 heavy (non-hydrogen) atoms. The Morgan fingerprint density at radius 3 is 2.76 bits per heavy atom. The molecule has 118 valence electrons. The molecule has 1 heterocycles. The minimum absolute atomic E-state index is 0.0278. The number of sulfone groups is 1. The summed E-state index contributed by atoms with van der Waals surface area (Å²) in [5.41, 5.74) is 2.08. The highest BCUT2D eigenvalue weighted by Gasteiger charge is 2.29. The van der Waals surface area contributed by atoms with Crippen LogP contribution in [0.4, 0.5) is 5.69 Å². The van der Waals surface area contributed by atoms with Gasteiger partial charge in [0.2, 0.25) is 0 Å². The van der Waals surface area contributed by atoms with Gasteiger partial charge in [-0.05, 0) is 19.1 Å². The topological polar surface area (TPSA) is 49.4 Å². The fourth-order valence-electron chi connectivity index (χ4n) is 2.65. The van der Waals surface area contributed by atoms with E-state index < -0.39 is 9.84 Å². The third-order valence-corrected chi connectivity index (χ3v) is 5.91. The molecule has 1 aromatic carbocycles. The fraction of sp³-hybridized carbons (Fsp3) is 0.600. The first kappa shape index (κ1) is 16.6. The van der Waals surface area contributed by atoms with Crippen LogP contribution < -0.4 is 10.2 Å². The second-order valence-corrected chi connectivity index (χ2v) is 8.57. The summed E-state index contributed by atoms with van der Waals surface area (Å²) in [6.07, 6.45) is 0. The molecule has 0 spiro atoms. The van der Waals surface area contributed by atoms with Gasteiger partial charge in [0.1, 0.15) is 0 Å². The summed E-state index contributed by atoms with van der Waals surface area (Å²) < 4.78 is 23.5. The van der Waals surface area contributed by atoms with Crippen LogP contribution >= 0.6 is 11.6 Å². The van der Waals surface area contributed by atoms with Gasteiger partial charge in [0.25, 0.3) is 0 Å². The molecular weight excluding hydrogens is 308 g/mol. The molecule has 1 atom stereocenters. The Labute approximate surface area is 132 Å². The van der Waals surface area contributed by atoms with Crippen molar-refractivity contribution in [3.05, 3.63) is 28.8 Å². The number of nitrogens with one attached hydrogen (secondary N) is 1. The lowest BCUT2D eigenvalue weighted by Crippen LogP contribution is -2.47. The molecule has 0 aromatic heterocycles. The molecule has 1 unspecified atom stereocenters. The molecule has 4 nitrogen and oxygen atoms in total. The average Bonchev–Trinajstić information content (AvgIpc) is 2.36. The Kier molecular flexibility index (Phi) is 5.17. The SMILES string of the molecule is CC(C)NCc1c(Cl)cccc1N1CCS(=O)(=O)CC1C. The minimum Gasteiger partial charge on any atom is -0.366 e. The number of hydrogen-bond acceptors (Lipinski definition) is 4. The van der Waals surface area contributed by atoms with Crippen LogP contribution in [-0.2, 0) is 16.4 Å². The van der Waals surface area contributed by atoms with Crippen molar-refractivity contribution in [3.63, 3.8) is 0 Å². The molecule has 6 heteroatoms. The van der Waals surface area contributed by atoms with Crippen molar-refractivity contribution in [1.29, 1.82) is 0 Å². The second kappa shape index (κ2) is 6.55. The minimum atomic E-state index is -2.91. The van der Waals surface area contributed by atoms with Gasteiger partial charge in [0.05, 0.1) is 11.5 Å². The normalized spacial score (nSPS) is 21.8. The first-order valence-corrected chi connectivity index (χ1v) is 9.48. The summed E-state index contributed by atoms with van der Waals surface area (Å²) in [5.74, 6) is 0.414. The van der Waals surface area contributed by atoms with Crippen molar-refractivity contribution >= 4 is 27.1 Å². The van der Waals surface area contributed by atoms with Crippen molar-refractivity contribution in [2.24, 2.45) is 0 Å². The van der Waals surface area contributed by atoms with Crippen LogP contribution in [-0.4, -0.2) is 38.6 Å². The predicted octanol–water partition coefficient (Wildman–Crippen LogP) is 2.46. The smallest absolute Gasteiger partial charge is 0.154 e. The third kappa shape index (κ3) is 4.11. The van der Waals surface area contributed by atoms with E-state index in [9.17, 15) is 8.42 Å². The molecule has 0 radical (unpaired) electrons. The van der Waals surface area contributed by atoms with Gasteiger partial charge in [-0.1, -0.05) is 31.5 Å². The van der Waals surface area contributed by atoms with E-state index in [-0.39, 0.29) is 17.5 Å². The predicted molar refractivity (Wildman–Crippen MR) is 88.9 cm³/mol. The summed E-state index contributed by atoms with van der Waals surface area (Å²) in [4.78, 5) is 2.16. The quantitative estimate of drug-likeness (QED) is 0.921. The molecule has 0 aliphatic carbocycles. The summed E-state index contributed by atoms with van der Waals surface area (Å²) in [7, 11) is -2.91. The van der Waals surface area contributed by atoms with E-state index in [1.165, 1.54) is 0 Å². The van der Waals surface area contributed by atoms with Crippen LogP contribution in [0.3, 0.4) is 0 Å². The molecule has 1 saturated heterocycles. The number of anilines is 1. The van der Waals surface area contributed by atoms with Gasteiger partial charge >= 0.3 is 0 Å². The monoisotopic (exact) mass is 330 g/mol. The first-order chi connectivity index (χ1) is 9.80. The van der Waals surface area contributed by atoms with Crippen LogP contribution in [0.5, 0.6) is 0 Å². The van der Waals surface area contributed by atoms with Crippen molar-refractivity contribution < 1.29 is 8.42 Å². The fourth-order valence-corrected chi connectivity index (χ4v) is 4.45. The Bertz CT molecular complexity index is 602. The van der Waals surface area contributed by atoms with Gasteiger partial charge in [0, 0.05) is 41.4 Å². The molecule has 1 fully saturated rings. The lowest BCUT2D eigenvalue weighted by atomic mass is 10.1. The largest absolute Gasteiger partial charge is 0.366 e. The van der Waals surface area contributed by atoms with E-state index in [1.54, 1.807) is 0 Å². The Morgan fingerprint density at radius 2 is 2.14 bits per heavy atom. The van der Waals surface area contributed by atoms with Gasteiger partial charge < -0.3 is 10.2 Å². The number of nitrogens with zero attached hydrogens (tertiary/aromatic N) is 1. The summed E-state index contributed by atoms with van der Waals surface area (Å²) >= 11 is 6.35. The van der Waals surface area contributed by atoms with Crippen molar-refractivity contribution in [1.82, 2.24) is 5.32 Å². The summed E-state index contributed by atoms with van der Waals surface area (Å²) in [6, 6.07) is 6.17. The van der Waals surface area contributed by atoms with E-state index >= 15 is 0 Å². The lowest BCUT2D eigenvalue weighted by Gasteiger charge is -2.36. The zero-order valence-corrected chi connectivity index (χ0v) is 14.3. The van der Waals surface area contributed by atoms with Gasteiger partial charge in [-0.25, -0.2) is 8.42 Å². The molecule has 0 amide bonds. The number of benzene rings is 1. The van der Waals surface area contributed by atoms with Crippen LogP contribution in [0.25, 0.3) is 0 Å². The lowest BCUT2D eigenvalue weighted by molar-refractivity contribution is 0.564. The van der Waals surface area contributed by atoms with Gasteiger partial charge in [-0.2, -0.15) is 0 Å². The molecule has 1 aliphatic heterocycles. The van der Waals surface area contributed by atoms with Crippen molar-refractivity contribution in [2.75, 3.05) is 23.0 Å². The highest BCUT2D eigenvalue weighted by atomic mass is 35.5. The maximum Gasteiger partial charge on any atom is 0.154 e. The van der Waals surface area contributed by atoms with E-state index in [0.29, 0.717) is 19.1 Å². The van der Waals surface area contributed by atoms with E-state index in [0.717, 1.165) is 16.3 Å². The second-order valence-electron chi connectivity index (χ2n) is 5.93. The molecular formula is C15H23ClN2O2S. The van der Waals surface area contributed by atoms with Gasteiger partial charge in [0.15, 0.2) is 9.84 Å². The van der Waals surface area contributed by atoms with Gasteiger partial charge in [-0.15, -0.1) is 0 Å². The highest BCUT2D eigenvalue weighted by Crippen LogP contribution is 2.30. The third-order valence-electron chi connectivity index (χ3n) is 3.76. The van der Waals surface area contributed by atoms with Gasteiger partial charge in [-0.3, -0.25) is 0 Å². The molecule has 1 N–H and O–H groups in total. The van der Waals surface area contributed by atoms with Crippen molar-refractivity contribution in [2.45, 2.75) is 39.4 Å². The highest BCUT2D eigenvalue weighted by molar-refractivity contribution is 7.91. The van der Waals surface area contributed by atoms with Crippen LogP contribution in [0.15, 0.2) is 18.2 Å². The molecule has 1 aliphatic rings. The van der Waals surface area contributed by atoms with Crippen LogP contribution in [0.2, 0.25) is 5.02 Å². The van der Waals surface area contributed by atoms with Crippen LogP contribution in [0, 0.1) is 0 Å². The number of hydrogen-bond donors (Lipinski definition) is 1.